The van der Waals surface area contributed by atoms with Gasteiger partial charge in [0, 0.05) is 0 Å². The first kappa shape index (κ1) is 21.7. The lowest BCUT2D eigenvalue weighted by molar-refractivity contribution is 0.470. The lowest BCUT2D eigenvalue weighted by Crippen LogP contribution is -2.52. The van der Waals surface area contributed by atoms with Gasteiger partial charge in [0.05, 0.1) is 17.1 Å². The highest BCUT2D eigenvalue weighted by Gasteiger charge is 2.20. The molecule has 0 aliphatic carbocycles. The van der Waals surface area contributed by atoms with Gasteiger partial charge in [-0.2, -0.15) is 0 Å². The van der Waals surface area contributed by atoms with Crippen molar-refractivity contribution < 1.29 is 15.3 Å². The SMILES string of the molecule is Cc1cc(-n2c(=O)n(-c3ccc(O)c(C)c3)c(=O)n(-c3ccc(O)c(C)c3)c2=O)ccc1O. The van der Waals surface area contributed by atoms with Crippen LogP contribution in [-0.2, 0) is 0 Å². The Bertz CT molecular complexity index is 1370. The van der Waals surface area contributed by atoms with Crippen molar-refractivity contribution in [3.63, 3.8) is 0 Å². The van der Waals surface area contributed by atoms with Crippen LogP contribution in [0.2, 0.25) is 0 Å². The number of aromatic nitrogens is 3. The highest BCUT2D eigenvalue weighted by Crippen LogP contribution is 2.21. The van der Waals surface area contributed by atoms with Gasteiger partial charge >= 0.3 is 17.1 Å². The van der Waals surface area contributed by atoms with Crippen LogP contribution in [0.1, 0.15) is 16.7 Å². The highest BCUT2D eigenvalue weighted by molar-refractivity contribution is 5.47. The van der Waals surface area contributed by atoms with Crippen molar-refractivity contribution in [2.45, 2.75) is 20.8 Å². The van der Waals surface area contributed by atoms with E-state index in [4.69, 9.17) is 0 Å². The molecule has 0 spiro atoms. The molecule has 3 N–H and O–H groups in total. The number of phenols is 3. The number of phenolic OH excluding ortho intramolecular Hbond substituents is 3. The lowest BCUT2D eigenvalue weighted by atomic mass is 10.2. The topological polar surface area (TPSA) is 127 Å². The number of hydrogen-bond acceptors (Lipinski definition) is 6. The standard InChI is InChI=1S/C24H21N3O6/c1-13-10-16(4-7-19(13)28)25-22(31)26(17-5-8-20(29)14(2)11-17)24(33)27(23(25)32)18-6-9-21(30)15(3)12-18/h4-12,28-30H,1-3H3. The van der Waals surface area contributed by atoms with E-state index in [2.05, 4.69) is 0 Å². The van der Waals surface area contributed by atoms with Crippen LogP contribution < -0.4 is 17.1 Å². The summed E-state index contributed by atoms with van der Waals surface area (Å²) in [7, 11) is 0. The molecular weight excluding hydrogens is 426 g/mol. The van der Waals surface area contributed by atoms with E-state index in [1.807, 2.05) is 0 Å². The molecule has 1 heterocycles. The number of aryl methyl sites for hydroxylation is 3. The molecule has 0 aliphatic rings. The van der Waals surface area contributed by atoms with E-state index >= 15 is 0 Å². The van der Waals surface area contributed by atoms with Gasteiger partial charge in [0.2, 0.25) is 0 Å². The molecule has 0 unspecified atom stereocenters. The predicted octanol–water partition coefficient (Wildman–Crippen LogP) is 2.18. The second-order valence-electron chi connectivity index (χ2n) is 7.77. The second-order valence-corrected chi connectivity index (χ2v) is 7.77. The van der Waals surface area contributed by atoms with E-state index in [9.17, 15) is 29.7 Å². The maximum atomic E-state index is 13.5. The molecule has 0 radical (unpaired) electrons. The molecule has 0 fully saturated rings. The van der Waals surface area contributed by atoms with E-state index in [0.717, 1.165) is 13.7 Å². The summed E-state index contributed by atoms with van der Waals surface area (Å²) in [5, 5.41) is 29.6. The molecule has 9 nitrogen and oxygen atoms in total. The van der Waals surface area contributed by atoms with E-state index in [1.54, 1.807) is 20.8 Å². The summed E-state index contributed by atoms with van der Waals surface area (Å²) in [5.74, 6) is -0.0312. The van der Waals surface area contributed by atoms with Gasteiger partial charge in [0.1, 0.15) is 17.2 Å². The number of benzene rings is 3. The molecule has 0 aliphatic heterocycles. The Hall–Kier alpha value is -4.53. The minimum Gasteiger partial charge on any atom is -0.508 e. The normalized spacial score (nSPS) is 11.0. The van der Waals surface area contributed by atoms with Crippen LogP contribution in [-0.4, -0.2) is 29.0 Å². The molecule has 0 saturated carbocycles. The van der Waals surface area contributed by atoms with Crippen LogP contribution in [0.4, 0.5) is 0 Å². The van der Waals surface area contributed by atoms with Gasteiger partial charge in [-0.05, 0) is 92.1 Å². The predicted molar refractivity (Wildman–Crippen MR) is 122 cm³/mol. The fourth-order valence-electron chi connectivity index (χ4n) is 3.54. The van der Waals surface area contributed by atoms with E-state index in [-0.39, 0.29) is 34.3 Å². The Balaban J connectivity index is 2.17. The minimum absolute atomic E-state index is 0.0104. The van der Waals surface area contributed by atoms with Crippen LogP contribution in [0.25, 0.3) is 17.1 Å². The van der Waals surface area contributed by atoms with E-state index in [0.29, 0.717) is 16.7 Å². The molecule has 168 valence electrons. The molecule has 0 atom stereocenters. The van der Waals surface area contributed by atoms with Gasteiger partial charge in [0.25, 0.3) is 0 Å². The average molecular weight is 447 g/mol. The first-order chi connectivity index (χ1) is 15.6. The third-order valence-electron chi connectivity index (χ3n) is 5.46. The van der Waals surface area contributed by atoms with Gasteiger partial charge in [-0.25, -0.2) is 28.1 Å². The largest absolute Gasteiger partial charge is 0.508 e. The quantitative estimate of drug-likeness (QED) is 0.442. The molecular formula is C24H21N3O6. The Morgan fingerprint density at radius 1 is 0.485 bits per heavy atom. The van der Waals surface area contributed by atoms with Crippen LogP contribution in [0.3, 0.4) is 0 Å². The molecule has 33 heavy (non-hydrogen) atoms. The van der Waals surface area contributed by atoms with Gasteiger partial charge < -0.3 is 15.3 Å². The fraction of sp³-hybridized carbons (Fsp3) is 0.125. The molecule has 9 heteroatoms. The molecule has 4 aromatic rings. The summed E-state index contributed by atoms with van der Waals surface area (Å²) in [5.41, 5.74) is -0.945. The number of aromatic hydroxyl groups is 3. The maximum Gasteiger partial charge on any atom is 0.345 e. The second kappa shape index (κ2) is 7.86. The Kier molecular flexibility index (Phi) is 5.17. The Morgan fingerprint density at radius 3 is 0.939 bits per heavy atom. The van der Waals surface area contributed by atoms with Crippen molar-refractivity contribution in [3.05, 3.63) is 103 Å². The van der Waals surface area contributed by atoms with Crippen molar-refractivity contribution in [2.24, 2.45) is 0 Å². The van der Waals surface area contributed by atoms with Crippen molar-refractivity contribution in [3.8, 4) is 34.3 Å². The first-order valence-corrected chi connectivity index (χ1v) is 10.0. The summed E-state index contributed by atoms with van der Waals surface area (Å²) in [6.07, 6.45) is 0. The Labute approximate surface area is 187 Å². The van der Waals surface area contributed by atoms with Crippen molar-refractivity contribution >= 4 is 0 Å². The van der Waals surface area contributed by atoms with Crippen LogP contribution >= 0.6 is 0 Å². The lowest BCUT2D eigenvalue weighted by Gasteiger charge is -2.16. The van der Waals surface area contributed by atoms with Crippen LogP contribution in [0, 0.1) is 20.8 Å². The van der Waals surface area contributed by atoms with Gasteiger partial charge in [-0.15, -0.1) is 0 Å². The maximum absolute atomic E-state index is 13.5. The van der Waals surface area contributed by atoms with Crippen LogP contribution in [0.5, 0.6) is 17.2 Å². The zero-order chi connectivity index (χ0) is 24.0. The van der Waals surface area contributed by atoms with E-state index < -0.39 is 17.1 Å². The van der Waals surface area contributed by atoms with Crippen molar-refractivity contribution in [2.75, 3.05) is 0 Å². The van der Waals surface area contributed by atoms with Gasteiger partial charge in [-0.1, -0.05) is 0 Å². The highest BCUT2D eigenvalue weighted by atomic mass is 16.3. The minimum atomic E-state index is -0.910. The zero-order valence-electron chi connectivity index (χ0n) is 18.1. The number of hydrogen-bond donors (Lipinski definition) is 3. The smallest absolute Gasteiger partial charge is 0.345 e. The van der Waals surface area contributed by atoms with Crippen LogP contribution in [0.15, 0.2) is 69.0 Å². The first-order valence-electron chi connectivity index (χ1n) is 10.0. The van der Waals surface area contributed by atoms with Gasteiger partial charge in [-0.3, -0.25) is 0 Å². The molecule has 4 rings (SSSR count). The van der Waals surface area contributed by atoms with E-state index in [1.165, 1.54) is 54.6 Å². The summed E-state index contributed by atoms with van der Waals surface area (Å²) in [6, 6.07) is 12.6. The molecule has 0 bridgehead atoms. The summed E-state index contributed by atoms with van der Waals surface area (Å²) >= 11 is 0. The molecule has 0 saturated heterocycles. The average Bonchev–Trinajstić information content (AvgIpc) is 2.75. The van der Waals surface area contributed by atoms with Crippen molar-refractivity contribution in [1.82, 2.24) is 13.7 Å². The Morgan fingerprint density at radius 2 is 0.727 bits per heavy atom. The fourth-order valence-corrected chi connectivity index (χ4v) is 3.54. The summed E-state index contributed by atoms with van der Waals surface area (Å²) in [4.78, 5) is 40.4. The summed E-state index contributed by atoms with van der Waals surface area (Å²) < 4.78 is 2.49. The monoisotopic (exact) mass is 447 g/mol. The van der Waals surface area contributed by atoms with Gasteiger partial charge in [0.15, 0.2) is 0 Å². The molecule has 1 aromatic heterocycles. The third-order valence-corrected chi connectivity index (χ3v) is 5.46. The number of nitrogens with zero attached hydrogens (tertiary/aromatic N) is 3. The number of rotatable bonds is 3. The zero-order valence-corrected chi connectivity index (χ0v) is 18.1. The molecule has 0 amide bonds. The van der Waals surface area contributed by atoms with Crippen molar-refractivity contribution in [1.29, 1.82) is 0 Å². The summed E-state index contributed by atoms with van der Waals surface area (Å²) in [6.45, 7) is 4.85. The molecule has 3 aromatic carbocycles. The third kappa shape index (κ3) is 3.59.